The van der Waals surface area contributed by atoms with Crippen LogP contribution in [-0.4, -0.2) is 26.0 Å². The van der Waals surface area contributed by atoms with Gasteiger partial charge in [-0.2, -0.15) is 0 Å². The van der Waals surface area contributed by atoms with Crippen LogP contribution in [0, 0.1) is 5.92 Å². The third-order valence-electron chi connectivity index (χ3n) is 6.20. The van der Waals surface area contributed by atoms with Crippen molar-refractivity contribution >= 4 is 21.7 Å². The zero-order chi connectivity index (χ0) is 20.8. The lowest BCUT2D eigenvalue weighted by Crippen LogP contribution is -2.40. The Balaban J connectivity index is 1.69. The van der Waals surface area contributed by atoms with Crippen LogP contribution in [0.5, 0.6) is 0 Å². The van der Waals surface area contributed by atoms with Crippen molar-refractivity contribution in [1.82, 2.24) is 0 Å². The SMILES string of the molecule is O=C(O)C1CCC2(CC1)CN(S(=O)(=O)c1ccc(C(F)F)cc1)c1ccccc12. The van der Waals surface area contributed by atoms with Crippen LogP contribution in [0.3, 0.4) is 0 Å². The van der Waals surface area contributed by atoms with Crippen molar-refractivity contribution in [1.29, 1.82) is 0 Å². The Bertz CT molecular complexity index is 1030. The fraction of sp³-hybridized carbons (Fsp3) is 0.381. The van der Waals surface area contributed by atoms with Crippen molar-refractivity contribution in [3.05, 3.63) is 59.7 Å². The lowest BCUT2D eigenvalue weighted by molar-refractivity contribution is -0.143. The minimum Gasteiger partial charge on any atom is -0.481 e. The summed E-state index contributed by atoms with van der Waals surface area (Å²) in [7, 11) is -3.93. The van der Waals surface area contributed by atoms with E-state index in [4.69, 9.17) is 0 Å². The molecule has 1 spiro atoms. The molecular weight excluding hydrogens is 400 g/mol. The number of aliphatic carboxylic acids is 1. The van der Waals surface area contributed by atoms with Gasteiger partial charge in [-0.1, -0.05) is 30.3 Å². The zero-order valence-corrected chi connectivity index (χ0v) is 16.4. The standard InChI is InChI=1S/C21H21F2NO4S/c22-19(23)14-5-7-16(8-6-14)29(27,28)24-13-21(17-3-1-2-4-18(17)24)11-9-15(10-12-21)20(25)26/h1-8,15,19H,9-13H2,(H,25,26). The van der Waals surface area contributed by atoms with Gasteiger partial charge in [-0.05, 0) is 49.4 Å². The first-order valence-corrected chi connectivity index (χ1v) is 10.9. The Kier molecular flexibility index (Phi) is 4.85. The molecule has 0 saturated heterocycles. The number of fused-ring (bicyclic) bond motifs is 2. The molecule has 0 unspecified atom stereocenters. The molecule has 5 nitrogen and oxygen atoms in total. The van der Waals surface area contributed by atoms with E-state index in [9.17, 15) is 27.1 Å². The predicted octanol–water partition coefficient (Wildman–Crippen LogP) is 4.35. The number of nitrogens with zero attached hydrogens (tertiary/aromatic N) is 1. The van der Waals surface area contributed by atoms with Crippen molar-refractivity contribution in [3.63, 3.8) is 0 Å². The van der Waals surface area contributed by atoms with Crippen LogP contribution in [0.4, 0.5) is 14.5 Å². The number of halogens is 2. The number of anilines is 1. The molecule has 2 aromatic carbocycles. The molecule has 1 aliphatic carbocycles. The van der Waals surface area contributed by atoms with Gasteiger partial charge in [0.15, 0.2) is 0 Å². The third kappa shape index (κ3) is 3.29. The van der Waals surface area contributed by atoms with Crippen LogP contribution < -0.4 is 4.31 Å². The second-order valence-corrected chi connectivity index (χ2v) is 9.65. The molecule has 1 fully saturated rings. The highest BCUT2D eigenvalue weighted by Gasteiger charge is 2.48. The number of para-hydroxylation sites is 1. The number of sulfonamides is 1. The molecule has 0 radical (unpaired) electrons. The third-order valence-corrected chi connectivity index (χ3v) is 7.98. The van der Waals surface area contributed by atoms with Gasteiger partial charge in [-0.25, -0.2) is 17.2 Å². The van der Waals surface area contributed by atoms with Gasteiger partial charge in [0.2, 0.25) is 0 Å². The van der Waals surface area contributed by atoms with Crippen molar-refractivity contribution in [3.8, 4) is 0 Å². The molecule has 8 heteroatoms. The normalized spacial score (nSPS) is 24.1. The highest BCUT2D eigenvalue weighted by molar-refractivity contribution is 7.92. The molecular formula is C21H21F2NO4S. The maximum absolute atomic E-state index is 13.3. The van der Waals surface area contributed by atoms with Gasteiger partial charge in [0, 0.05) is 17.5 Å². The number of carbonyl (C=O) groups is 1. The summed E-state index contributed by atoms with van der Waals surface area (Å²) in [4.78, 5) is 11.3. The first kappa shape index (κ1) is 19.8. The van der Waals surface area contributed by atoms with Crippen LogP contribution in [0.25, 0.3) is 0 Å². The number of hydrogen-bond acceptors (Lipinski definition) is 3. The first-order valence-electron chi connectivity index (χ1n) is 9.48. The number of benzene rings is 2. The van der Waals surface area contributed by atoms with Crippen LogP contribution in [0.1, 0.15) is 43.2 Å². The Morgan fingerprint density at radius 3 is 2.28 bits per heavy atom. The summed E-state index contributed by atoms with van der Waals surface area (Å²) < 4.78 is 53.6. The number of carboxylic acids is 1. The Labute approximate surface area is 168 Å². The maximum atomic E-state index is 13.3. The van der Waals surface area contributed by atoms with Gasteiger partial charge in [0.25, 0.3) is 16.4 Å². The molecule has 1 aliphatic heterocycles. The van der Waals surface area contributed by atoms with Crippen molar-refractivity contribution in [2.45, 2.75) is 42.4 Å². The summed E-state index contributed by atoms with van der Waals surface area (Å²) in [5.74, 6) is -1.21. The predicted molar refractivity (Wildman–Crippen MR) is 104 cm³/mol. The van der Waals surface area contributed by atoms with Gasteiger partial charge in [-0.15, -0.1) is 0 Å². The lowest BCUT2D eigenvalue weighted by Gasteiger charge is -2.36. The van der Waals surface area contributed by atoms with Gasteiger partial charge in [-0.3, -0.25) is 9.10 Å². The van der Waals surface area contributed by atoms with E-state index < -0.39 is 33.8 Å². The Morgan fingerprint density at radius 1 is 1.07 bits per heavy atom. The fourth-order valence-electron chi connectivity index (χ4n) is 4.56. The summed E-state index contributed by atoms with van der Waals surface area (Å²) in [6, 6.07) is 12.0. The summed E-state index contributed by atoms with van der Waals surface area (Å²) >= 11 is 0. The number of carboxylic acid groups (broad SMARTS) is 1. The van der Waals surface area contributed by atoms with Crippen LogP contribution in [-0.2, 0) is 20.2 Å². The molecule has 0 aromatic heterocycles. The summed E-state index contributed by atoms with van der Waals surface area (Å²) in [6.07, 6.45) is -0.470. The molecule has 0 bridgehead atoms. The van der Waals surface area contributed by atoms with E-state index in [1.807, 2.05) is 12.1 Å². The molecule has 2 aliphatic rings. The van der Waals surface area contributed by atoms with E-state index in [1.165, 1.54) is 16.4 Å². The van der Waals surface area contributed by atoms with E-state index in [0.717, 1.165) is 17.7 Å². The summed E-state index contributed by atoms with van der Waals surface area (Å²) in [5.41, 5.74) is 0.850. The topological polar surface area (TPSA) is 74.7 Å². The molecule has 0 atom stereocenters. The second kappa shape index (κ2) is 7.09. The van der Waals surface area contributed by atoms with E-state index in [-0.39, 0.29) is 17.0 Å². The average molecular weight is 421 g/mol. The minimum atomic E-state index is -3.93. The highest BCUT2D eigenvalue weighted by Crippen LogP contribution is 2.51. The molecule has 0 amide bonds. The van der Waals surface area contributed by atoms with Crippen molar-refractivity contribution in [2.75, 3.05) is 10.8 Å². The first-order chi connectivity index (χ1) is 13.7. The van der Waals surface area contributed by atoms with Crippen molar-refractivity contribution < 1.29 is 27.1 Å². The number of alkyl halides is 2. The Hall–Kier alpha value is -2.48. The Morgan fingerprint density at radius 2 is 1.69 bits per heavy atom. The quantitative estimate of drug-likeness (QED) is 0.797. The largest absolute Gasteiger partial charge is 0.481 e. The number of rotatable bonds is 4. The number of hydrogen-bond donors (Lipinski definition) is 1. The van der Waals surface area contributed by atoms with E-state index in [1.54, 1.807) is 12.1 Å². The van der Waals surface area contributed by atoms with Crippen LogP contribution >= 0.6 is 0 Å². The van der Waals surface area contributed by atoms with E-state index in [2.05, 4.69) is 0 Å². The summed E-state index contributed by atoms with van der Waals surface area (Å²) in [6.45, 7) is 0.234. The molecule has 2 aromatic rings. The minimum absolute atomic E-state index is 0.0343. The fourth-order valence-corrected chi connectivity index (χ4v) is 6.13. The van der Waals surface area contributed by atoms with Gasteiger partial charge in [0.05, 0.1) is 16.5 Å². The van der Waals surface area contributed by atoms with Crippen molar-refractivity contribution in [2.24, 2.45) is 5.92 Å². The smallest absolute Gasteiger partial charge is 0.306 e. The van der Waals surface area contributed by atoms with E-state index in [0.29, 0.717) is 31.4 Å². The molecule has 4 rings (SSSR count). The molecule has 29 heavy (non-hydrogen) atoms. The monoisotopic (exact) mass is 421 g/mol. The highest BCUT2D eigenvalue weighted by atomic mass is 32.2. The molecule has 1 heterocycles. The molecule has 154 valence electrons. The van der Waals surface area contributed by atoms with Crippen LogP contribution in [0.2, 0.25) is 0 Å². The maximum Gasteiger partial charge on any atom is 0.306 e. The lowest BCUT2D eigenvalue weighted by atomic mass is 9.68. The van der Waals surface area contributed by atoms with Gasteiger partial charge in [0.1, 0.15) is 0 Å². The molecule has 1 N–H and O–H groups in total. The average Bonchev–Trinajstić information content (AvgIpc) is 3.03. The zero-order valence-electron chi connectivity index (χ0n) is 15.6. The second-order valence-electron chi connectivity index (χ2n) is 7.79. The summed E-state index contributed by atoms with van der Waals surface area (Å²) in [5, 5.41) is 9.30. The van der Waals surface area contributed by atoms with E-state index >= 15 is 0 Å². The van der Waals surface area contributed by atoms with Gasteiger partial charge < -0.3 is 5.11 Å². The van der Waals surface area contributed by atoms with Crippen LogP contribution in [0.15, 0.2) is 53.4 Å². The van der Waals surface area contributed by atoms with Gasteiger partial charge >= 0.3 is 5.97 Å². The molecule has 1 saturated carbocycles.